The van der Waals surface area contributed by atoms with Gasteiger partial charge in [0.25, 0.3) is 0 Å². The first kappa shape index (κ1) is 27.1. The molecule has 3 aromatic rings. The van der Waals surface area contributed by atoms with E-state index in [9.17, 15) is 18.7 Å². The Morgan fingerprint density at radius 1 is 1.03 bits per heavy atom. The molecule has 0 aliphatic carbocycles. The molecular formula is C28H31F2NO5. The number of carbonyl (C=O) groups is 1. The summed E-state index contributed by atoms with van der Waals surface area (Å²) in [6.45, 7) is 2.73. The number of aryl methyl sites for hydroxylation is 1. The number of aromatic nitrogens is 1. The number of ether oxygens (including phenoxy) is 3. The minimum atomic E-state index is -1.37. The van der Waals surface area contributed by atoms with Gasteiger partial charge in [-0.15, -0.1) is 0 Å². The van der Waals surface area contributed by atoms with Crippen molar-refractivity contribution in [3.63, 3.8) is 0 Å². The van der Waals surface area contributed by atoms with E-state index >= 15 is 0 Å². The number of aliphatic hydroxyl groups is 1. The lowest BCUT2D eigenvalue weighted by molar-refractivity contribution is 0.0172. The highest BCUT2D eigenvalue weighted by Gasteiger charge is 2.31. The van der Waals surface area contributed by atoms with Crippen LogP contribution in [-0.2, 0) is 5.60 Å². The minimum absolute atomic E-state index is 0.0525. The molecule has 1 atom stereocenters. The number of rotatable bonds is 12. The molecule has 0 radical (unpaired) electrons. The average Bonchev–Trinajstić information content (AvgIpc) is 2.91. The Balaban J connectivity index is 1.84. The van der Waals surface area contributed by atoms with E-state index < -0.39 is 12.3 Å². The lowest BCUT2D eigenvalue weighted by Gasteiger charge is -2.27. The van der Waals surface area contributed by atoms with Crippen LogP contribution in [0.1, 0.15) is 47.8 Å². The van der Waals surface area contributed by atoms with Crippen molar-refractivity contribution in [3.05, 3.63) is 71.2 Å². The number of alkyl halides is 1. The highest BCUT2D eigenvalue weighted by atomic mass is 19.1. The first-order valence-electron chi connectivity index (χ1n) is 11.7. The van der Waals surface area contributed by atoms with Crippen LogP contribution >= 0.6 is 0 Å². The predicted molar refractivity (Wildman–Crippen MR) is 133 cm³/mol. The maximum Gasteiger partial charge on any atom is 0.163 e. The van der Waals surface area contributed by atoms with E-state index in [1.165, 1.54) is 20.3 Å². The quantitative estimate of drug-likeness (QED) is 0.316. The van der Waals surface area contributed by atoms with Gasteiger partial charge in [-0.25, -0.2) is 13.8 Å². The zero-order valence-corrected chi connectivity index (χ0v) is 20.9. The van der Waals surface area contributed by atoms with Crippen molar-refractivity contribution in [2.45, 2.75) is 38.7 Å². The molecular weight excluding hydrogens is 468 g/mol. The van der Waals surface area contributed by atoms with Crippen molar-refractivity contribution in [2.75, 3.05) is 27.5 Å². The molecule has 0 bridgehead atoms. The van der Waals surface area contributed by atoms with Gasteiger partial charge in [0, 0.05) is 17.5 Å². The lowest BCUT2D eigenvalue weighted by atomic mass is 9.88. The summed E-state index contributed by atoms with van der Waals surface area (Å²) >= 11 is 0. The molecule has 6 nitrogen and oxygen atoms in total. The van der Waals surface area contributed by atoms with Gasteiger partial charge in [0.1, 0.15) is 36.1 Å². The SMILES string of the molecule is CC[C@](O)(CCC(=O)c1ccc(OCCF)c(OC)c1)c1ccc(OC)c(-c2ccc(F)c(C)c2)n1. The Morgan fingerprint density at radius 3 is 2.39 bits per heavy atom. The maximum absolute atomic E-state index is 13.8. The Bertz CT molecular complexity index is 1220. The van der Waals surface area contributed by atoms with Gasteiger partial charge in [-0.05, 0) is 73.9 Å². The topological polar surface area (TPSA) is 77.9 Å². The van der Waals surface area contributed by atoms with E-state index in [2.05, 4.69) is 4.98 Å². The number of hydrogen-bond donors (Lipinski definition) is 1. The van der Waals surface area contributed by atoms with Crippen molar-refractivity contribution < 1.29 is 32.9 Å². The van der Waals surface area contributed by atoms with Crippen LogP contribution in [0.4, 0.5) is 8.78 Å². The molecule has 0 aliphatic heterocycles. The Hall–Kier alpha value is -3.52. The lowest BCUT2D eigenvalue weighted by Crippen LogP contribution is -2.27. The molecule has 0 aliphatic rings. The van der Waals surface area contributed by atoms with E-state index in [0.29, 0.717) is 51.7 Å². The summed E-state index contributed by atoms with van der Waals surface area (Å²) in [5.74, 6) is 0.650. The van der Waals surface area contributed by atoms with Gasteiger partial charge in [-0.1, -0.05) is 6.92 Å². The van der Waals surface area contributed by atoms with Crippen LogP contribution in [0.25, 0.3) is 11.3 Å². The van der Waals surface area contributed by atoms with Gasteiger partial charge in [-0.3, -0.25) is 4.79 Å². The predicted octanol–water partition coefficient (Wildman–Crippen LogP) is 5.82. The summed E-state index contributed by atoms with van der Waals surface area (Å²) in [6, 6.07) is 12.7. The minimum Gasteiger partial charge on any atom is -0.494 e. The zero-order chi connectivity index (χ0) is 26.3. The molecule has 36 heavy (non-hydrogen) atoms. The van der Waals surface area contributed by atoms with E-state index in [-0.39, 0.29) is 31.0 Å². The molecule has 0 unspecified atom stereocenters. The van der Waals surface area contributed by atoms with E-state index in [1.807, 2.05) is 6.92 Å². The van der Waals surface area contributed by atoms with Crippen LogP contribution in [0.15, 0.2) is 48.5 Å². The first-order chi connectivity index (χ1) is 17.3. The fourth-order valence-electron chi connectivity index (χ4n) is 3.93. The van der Waals surface area contributed by atoms with Crippen LogP contribution in [0.3, 0.4) is 0 Å². The van der Waals surface area contributed by atoms with Crippen molar-refractivity contribution in [2.24, 2.45) is 0 Å². The molecule has 1 aromatic heterocycles. The molecule has 0 saturated carbocycles. The van der Waals surface area contributed by atoms with Crippen LogP contribution in [0.2, 0.25) is 0 Å². The molecule has 2 aromatic carbocycles. The van der Waals surface area contributed by atoms with Gasteiger partial charge >= 0.3 is 0 Å². The highest BCUT2D eigenvalue weighted by molar-refractivity contribution is 5.96. The van der Waals surface area contributed by atoms with Crippen molar-refractivity contribution in [1.29, 1.82) is 0 Å². The fourth-order valence-corrected chi connectivity index (χ4v) is 3.93. The van der Waals surface area contributed by atoms with Crippen molar-refractivity contribution in [1.82, 2.24) is 4.98 Å². The molecule has 0 spiro atoms. The maximum atomic E-state index is 13.8. The third kappa shape index (κ3) is 5.99. The van der Waals surface area contributed by atoms with Crippen LogP contribution in [0.5, 0.6) is 17.2 Å². The number of carbonyl (C=O) groups excluding carboxylic acids is 1. The second-order valence-electron chi connectivity index (χ2n) is 8.42. The monoisotopic (exact) mass is 499 g/mol. The van der Waals surface area contributed by atoms with Crippen LogP contribution in [-0.4, -0.2) is 43.4 Å². The third-order valence-corrected chi connectivity index (χ3v) is 6.16. The average molecular weight is 500 g/mol. The van der Waals surface area contributed by atoms with Crippen LogP contribution in [0, 0.1) is 12.7 Å². The third-order valence-electron chi connectivity index (χ3n) is 6.16. The number of halogens is 2. The van der Waals surface area contributed by atoms with Crippen molar-refractivity contribution in [3.8, 4) is 28.5 Å². The Labute approximate surface area is 209 Å². The van der Waals surface area contributed by atoms with Gasteiger partial charge in [-0.2, -0.15) is 0 Å². The molecule has 0 saturated heterocycles. The molecule has 0 fully saturated rings. The molecule has 192 valence electrons. The molecule has 8 heteroatoms. The first-order valence-corrected chi connectivity index (χ1v) is 11.7. The number of Topliss-reactive ketones (excluding diaryl/α,β-unsaturated/α-hetero) is 1. The molecule has 1 N–H and O–H groups in total. The zero-order valence-electron chi connectivity index (χ0n) is 20.9. The normalized spacial score (nSPS) is 12.6. The van der Waals surface area contributed by atoms with Gasteiger partial charge in [0.05, 0.1) is 19.9 Å². The second-order valence-corrected chi connectivity index (χ2v) is 8.42. The fraction of sp³-hybridized carbons (Fsp3) is 0.357. The van der Waals surface area contributed by atoms with Crippen LogP contribution < -0.4 is 14.2 Å². The van der Waals surface area contributed by atoms with E-state index in [4.69, 9.17) is 14.2 Å². The molecule has 1 heterocycles. The summed E-state index contributed by atoms with van der Waals surface area (Å²) in [6.07, 6.45) is 0.504. The Kier molecular flexibility index (Phi) is 8.98. The summed E-state index contributed by atoms with van der Waals surface area (Å²) in [5.41, 5.74) is 1.01. The van der Waals surface area contributed by atoms with Crippen molar-refractivity contribution >= 4 is 5.78 Å². The number of benzene rings is 2. The summed E-state index contributed by atoms with van der Waals surface area (Å²) in [4.78, 5) is 17.6. The number of hydrogen-bond acceptors (Lipinski definition) is 6. The summed E-state index contributed by atoms with van der Waals surface area (Å²) in [7, 11) is 2.96. The number of pyridine rings is 1. The van der Waals surface area contributed by atoms with E-state index in [1.54, 1.807) is 49.4 Å². The smallest absolute Gasteiger partial charge is 0.163 e. The van der Waals surface area contributed by atoms with Gasteiger partial charge < -0.3 is 19.3 Å². The molecule has 0 amide bonds. The summed E-state index contributed by atoms with van der Waals surface area (Å²) in [5, 5.41) is 11.5. The van der Waals surface area contributed by atoms with E-state index in [0.717, 1.165) is 0 Å². The van der Waals surface area contributed by atoms with Gasteiger partial charge in [0.15, 0.2) is 17.3 Å². The standard InChI is InChI=1S/C28H31F2NO5/c1-5-28(33,13-12-22(32)19-7-9-23(36-15-14-29)25(17-19)35-4)26-11-10-24(34-3)27(31-26)20-6-8-21(30)18(2)16-20/h6-11,16-17,33H,5,12-15H2,1-4H3/t28-/m0/s1. The number of nitrogens with zero attached hydrogens (tertiary/aromatic N) is 1. The van der Waals surface area contributed by atoms with Gasteiger partial charge in [0.2, 0.25) is 0 Å². The number of ketones is 1. The largest absolute Gasteiger partial charge is 0.494 e. The highest BCUT2D eigenvalue weighted by Crippen LogP contribution is 2.36. The molecule has 3 rings (SSSR count). The Morgan fingerprint density at radius 2 is 1.75 bits per heavy atom. The number of methoxy groups -OCH3 is 2. The summed E-state index contributed by atoms with van der Waals surface area (Å²) < 4.78 is 42.2. The second kappa shape index (κ2) is 11.9.